The summed E-state index contributed by atoms with van der Waals surface area (Å²) in [4.78, 5) is 7.84. The van der Waals surface area contributed by atoms with Gasteiger partial charge in [0.1, 0.15) is 92.9 Å². The molecule has 6 aliphatic heterocycles. The van der Waals surface area contributed by atoms with Gasteiger partial charge in [-0.1, -0.05) is 153 Å². The third-order valence-corrected chi connectivity index (χ3v) is 17.9. The third kappa shape index (κ3) is 13.2. The van der Waals surface area contributed by atoms with Crippen molar-refractivity contribution in [3.63, 3.8) is 0 Å². The molecule has 7 aliphatic rings. The van der Waals surface area contributed by atoms with E-state index in [2.05, 4.69) is 67.2 Å². The van der Waals surface area contributed by atoms with Gasteiger partial charge >= 0.3 is 0 Å². The number of aromatic nitrogens is 2. The lowest BCUT2D eigenvalue weighted by Crippen LogP contribution is -2.33. The van der Waals surface area contributed by atoms with E-state index in [9.17, 15) is 0 Å². The predicted octanol–water partition coefficient (Wildman–Crippen LogP) is 13.8. The molecule has 8 heterocycles. The monoisotopic (exact) mass is 1260 g/mol. The number of hydroxylamine groups is 1. The van der Waals surface area contributed by atoms with Crippen molar-refractivity contribution in [1.82, 2.24) is 15.3 Å². The van der Waals surface area contributed by atoms with Crippen molar-refractivity contribution >= 4 is 28.0 Å². The fourth-order valence-corrected chi connectivity index (χ4v) is 13.2. The molecule has 8 bridgehead atoms. The molecule has 1 atom stereocenters. The molecule has 0 fully saturated rings. The Kier molecular flexibility index (Phi) is 20.1. The minimum Gasteiger partial charge on any atom is -0.618 e. The van der Waals surface area contributed by atoms with Crippen LogP contribution in [0.2, 0.25) is 0 Å². The zero-order valence-corrected chi connectivity index (χ0v) is 54.4. The molecular weight excluding hydrogens is 1180 g/mol. The summed E-state index contributed by atoms with van der Waals surface area (Å²) in [5.74, 6) is 6.28. The molecule has 4 aromatic carbocycles. The standard InChI is InChI=1S/C76H88N4O13/c1-5-9-13-17-37-82-53-29-21-49(22-30-53)57-61-69-70(87-42-41-86-69)62(77-61)58(50-23-31-54(32-24-50)83-38-18-14-10-6-2)64-72-74(91-46-44-89-72)66(79-64)60(52-27-35-56(36-28-52)85-40-20-16-12-8-4)68-76-75(92-47-48-93-76)67(80(68)81)59(65-73-71(63(57)78-65)88-43-45-90-73)51-25-33-55(34-26-51)84-39-19-15-11-7-3/h21-36,61,77-79H,5-20,37-48H2,1-4H3/b62-58-,63-57-,65-59-,68-60-. The van der Waals surface area contributed by atoms with Crippen LogP contribution in [0.25, 0.3) is 22.3 Å². The van der Waals surface area contributed by atoms with E-state index < -0.39 is 6.04 Å². The van der Waals surface area contributed by atoms with Crippen LogP contribution < -0.4 is 53.9 Å². The Bertz CT molecular complexity index is 3910. The molecule has 2 aromatic heterocycles. The van der Waals surface area contributed by atoms with E-state index >= 15 is 5.21 Å². The summed E-state index contributed by atoms with van der Waals surface area (Å²) in [6.07, 6.45) is 17.3. The Balaban J connectivity index is 1.12. The van der Waals surface area contributed by atoms with E-state index in [-0.39, 0.29) is 69.2 Å². The minimum absolute atomic E-state index is 0.177. The fraction of sp³-hybridized carbons (Fsp3) is 0.434. The van der Waals surface area contributed by atoms with Crippen LogP contribution in [0.3, 0.4) is 0 Å². The average Bonchev–Trinajstić information content (AvgIpc) is 1.56. The molecule has 6 aromatic rings. The average molecular weight is 1270 g/mol. The van der Waals surface area contributed by atoms with E-state index in [0.29, 0.717) is 135 Å². The molecule has 17 heteroatoms. The Morgan fingerprint density at radius 2 is 0.774 bits per heavy atom. The number of nitrogens with one attached hydrogen (secondary N) is 3. The number of hydrogen-bond acceptors (Lipinski definition) is 14. The Morgan fingerprint density at radius 3 is 1.26 bits per heavy atom. The number of hydrogen-bond donors (Lipinski definition) is 3. The Hall–Kier alpha value is -8.99. The lowest BCUT2D eigenvalue weighted by atomic mass is 9.96. The van der Waals surface area contributed by atoms with Gasteiger partial charge in [-0.15, -0.1) is 0 Å². The molecule has 490 valence electrons. The highest BCUT2D eigenvalue weighted by Crippen LogP contribution is 2.52. The van der Waals surface area contributed by atoms with Crippen LogP contribution in [0, 0.1) is 5.21 Å². The molecule has 13 rings (SSSR count). The third-order valence-electron chi connectivity index (χ3n) is 17.9. The van der Waals surface area contributed by atoms with E-state index in [1.807, 2.05) is 72.8 Å². The normalized spacial score (nSPS) is 19.8. The summed E-state index contributed by atoms with van der Waals surface area (Å²) in [5, 5.41) is 22.0. The number of nitrogens with zero attached hydrogens (tertiary/aromatic N) is 1. The zero-order valence-electron chi connectivity index (χ0n) is 54.4. The van der Waals surface area contributed by atoms with Crippen LogP contribution >= 0.6 is 0 Å². The molecule has 0 saturated heterocycles. The van der Waals surface area contributed by atoms with Crippen molar-refractivity contribution < 1.29 is 61.6 Å². The molecule has 0 spiro atoms. The number of rotatable bonds is 28. The summed E-state index contributed by atoms with van der Waals surface area (Å²) in [6, 6.07) is 31.3. The van der Waals surface area contributed by atoms with Crippen LogP contribution in [-0.4, -0.2) is 106 Å². The number of allylic oxidation sites excluding steroid dienone is 1. The van der Waals surface area contributed by atoms with Crippen molar-refractivity contribution in [3.8, 4) is 46.0 Å². The van der Waals surface area contributed by atoms with Gasteiger partial charge in [0.25, 0.3) is 11.4 Å². The minimum atomic E-state index is -0.723. The first-order valence-corrected chi connectivity index (χ1v) is 34.3. The van der Waals surface area contributed by atoms with Gasteiger partial charge in [0, 0.05) is 11.1 Å². The zero-order chi connectivity index (χ0) is 63.5. The van der Waals surface area contributed by atoms with E-state index in [0.717, 1.165) is 136 Å². The molecule has 17 nitrogen and oxygen atoms in total. The van der Waals surface area contributed by atoms with Gasteiger partial charge in [0.2, 0.25) is 11.5 Å². The SMILES string of the molecule is CCCCCCOc1ccc(/C2=C3/NC(C4=C3OCCO4)/C(c3ccc(OCCCCCC)cc3)=c3\[nH]/c(c4c3OCCO4)=C(/c3ccc(OCCCCCC)cc3)C3=[N+]([O-])/C(=C(/c4ccc(OCCCCCC)cc4)c4[nH]c2c2c4OCCO2)C2=C3OCCO2)cc1. The van der Waals surface area contributed by atoms with Gasteiger partial charge < -0.3 is 77.3 Å². The highest BCUT2D eigenvalue weighted by atomic mass is 16.6. The predicted molar refractivity (Wildman–Crippen MR) is 358 cm³/mol. The van der Waals surface area contributed by atoms with E-state index in [4.69, 9.17) is 56.8 Å². The molecule has 93 heavy (non-hydrogen) atoms. The van der Waals surface area contributed by atoms with Crippen molar-refractivity contribution in [2.24, 2.45) is 0 Å². The van der Waals surface area contributed by atoms with Gasteiger partial charge in [0.05, 0.1) is 54.3 Å². The summed E-state index contributed by atoms with van der Waals surface area (Å²) < 4.78 is 81.5. The van der Waals surface area contributed by atoms with Gasteiger partial charge in [-0.05, 0) is 96.5 Å². The van der Waals surface area contributed by atoms with Crippen molar-refractivity contribution in [2.75, 3.05) is 79.3 Å². The smallest absolute Gasteiger partial charge is 0.273 e. The maximum Gasteiger partial charge on any atom is 0.273 e. The summed E-state index contributed by atoms with van der Waals surface area (Å²) in [5.41, 5.74) is 7.45. The van der Waals surface area contributed by atoms with Gasteiger partial charge in [0.15, 0.2) is 34.5 Å². The first-order valence-electron chi connectivity index (χ1n) is 34.3. The molecular formula is C76H88N4O13. The lowest BCUT2D eigenvalue weighted by Gasteiger charge is -2.23. The second kappa shape index (κ2) is 29.7. The summed E-state index contributed by atoms with van der Waals surface area (Å²) >= 11 is 0. The van der Waals surface area contributed by atoms with Crippen LogP contribution in [-0.2, 0) is 18.9 Å². The number of ether oxygens (including phenoxy) is 12. The first-order chi connectivity index (χ1) is 46.0. The fourth-order valence-electron chi connectivity index (χ4n) is 13.2. The highest BCUT2D eigenvalue weighted by molar-refractivity contribution is 6.30. The molecule has 0 amide bonds. The number of aromatic amines is 2. The Morgan fingerprint density at radius 1 is 0.387 bits per heavy atom. The van der Waals surface area contributed by atoms with E-state index in [1.165, 1.54) is 0 Å². The van der Waals surface area contributed by atoms with Crippen LogP contribution in [0.15, 0.2) is 131 Å². The summed E-state index contributed by atoms with van der Waals surface area (Å²) in [6.45, 7) is 13.1. The molecule has 0 saturated carbocycles. The van der Waals surface area contributed by atoms with Crippen LogP contribution in [0.1, 0.15) is 164 Å². The molecule has 3 N–H and O–H groups in total. The van der Waals surface area contributed by atoms with Crippen molar-refractivity contribution in [2.45, 2.75) is 136 Å². The van der Waals surface area contributed by atoms with Crippen molar-refractivity contribution in [1.29, 1.82) is 0 Å². The highest BCUT2D eigenvalue weighted by Gasteiger charge is 2.48. The number of unbranched alkanes of at least 4 members (excludes halogenated alkanes) is 12. The number of H-pyrrole nitrogens is 2. The molecule has 1 aliphatic carbocycles. The largest absolute Gasteiger partial charge is 0.618 e. The number of benzene rings is 4. The second-order valence-corrected chi connectivity index (χ2v) is 24.4. The van der Waals surface area contributed by atoms with Gasteiger partial charge in [-0.3, -0.25) is 0 Å². The summed E-state index contributed by atoms with van der Waals surface area (Å²) in [7, 11) is 0. The quantitative estimate of drug-likeness (QED) is 0.0240. The van der Waals surface area contributed by atoms with Gasteiger partial charge in [-0.25, -0.2) is 0 Å². The second-order valence-electron chi connectivity index (χ2n) is 24.4. The van der Waals surface area contributed by atoms with Crippen LogP contribution in [0.5, 0.6) is 46.0 Å². The van der Waals surface area contributed by atoms with E-state index in [1.54, 1.807) is 0 Å². The maximum atomic E-state index is 16.9. The molecule has 1 unspecified atom stereocenters. The van der Waals surface area contributed by atoms with Crippen molar-refractivity contribution in [3.05, 3.63) is 181 Å². The van der Waals surface area contributed by atoms with Gasteiger partial charge in [-0.2, -0.15) is 4.74 Å². The maximum absolute atomic E-state index is 16.9. The first kappa shape index (κ1) is 62.8. The topological polar surface area (TPSA) is 180 Å². The lowest BCUT2D eigenvalue weighted by molar-refractivity contribution is -0.393. The van der Waals surface area contributed by atoms with Crippen LogP contribution in [0.4, 0.5) is 0 Å². The molecule has 0 radical (unpaired) electrons. The Labute approximate surface area is 545 Å².